The van der Waals surface area contributed by atoms with Crippen LogP contribution >= 0.6 is 11.3 Å². The highest BCUT2D eigenvalue weighted by atomic mass is 32.1. The van der Waals surface area contributed by atoms with E-state index in [0.29, 0.717) is 10.6 Å². The first-order valence-electron chi connectivity index (χ1n) is 7.50. The number of rotatable bonds is 4. The van der Waals surface area contributed by atoms with E-state index in [1.165, 1.54) is 25.4 Å². The molecular formula is C16H19N3O5S. The fourth-order valence-corrected chi connectivity index (χ4v) is 3.23. The van der Waals surface area contributed by atoms with Gasteiger partial charge in [-0.25, -0.2) is 14.6 Å². The summed E-state index contributed by atoms with van der Waals surface area (Å²) in [7, 11) is 2.66. The SMILES string of the molecule is CCOC(=O)c1c(/N=C/c2c(O)n(C)c(=O)n(C)c2=O)sc(C)c1C. The largest absolute Gasteiger partial charge is 0.494 e. The van der Waals surface area contributed by atoms with E-state index in [2.05, 4.69) is 4.99 Å². The summed E-state index contributed by atoms with van der Waals surface area (Å²) in [6.07, 6.45) is 1.16. The van der Waals surface area contributed by atoms with E-state index in [1.807, 2.05) is 6.92 Å². The van der Waals surface area contributed by atoms with Crippen molar-refractivity contribution >= 4 is 28.5 Å². The fraction of sp³-hybridized carbons (Fsp3) is 0.375. The number of aliphatic imine (C=N–C) groups is 1. The predicted octanol–water partition coefficient (Wildman–Crippen LogP) is 1.40. The third-order valence-electron chi connectivity index (χ3n) is 3.82. The van der Waals surface area contributed by atoms with Crippen LogP contribution in [0, 0.1) is 13.8 Å². The Bertz CT molecular complexity index is 981. The maximum atomic E-state index is 12.2. The highest BCUT2D eigenvalue weighted by Crippen LogP contribution is 2.35. The van der Waals surface area contributed by atoms with Gasteiger partial charge in [-0.05, 0) is 26.3 Å². The smallest absolute Gasteiger partial charge is 0.341 e. The molecule has 0 radical (unpaired) electrons. The number of carbonyl (C=O) groups excluding carboxylic acids is 1. The zero-order chi connectivity index (χ0) is 18.9. The van der Waals surface area contributed by atoms with Crippen LogP contribution in [0.3, 0.4) is 0 Å². The van der Waals surface area contributed by atoms with Gasteiger partial charge in [0.15, 0.2) is 0 Å². The second-order valence-corrected chi connectivity index (χ2v) is 6.59. The van der Waals surface area contributed by atoms with Crippen molar-refractivity contribution < 1.29 is 14.6 Å². The van der Waals surface area contributed by atoms with Crippen LogP contribution in [0.1, 0.15) is 33.3 Å². The molecule has 0 spiro atoms. The average Bonchev–Trinajstić information content (AvgIpc) is 2.86. The lowest BCUT2D eigenvalue weighted by molar-refractivity contribution is 0.0527. The van der Waals surface area contributed by atoms with E-state index in [9.17, 15) is 19.5 Å². The Morgan fingerprint density at radius 3 is 2.52 bits per heavy atom. The maximum absolute atomic E-state index is 12.2. The van der Waals surface area contributed by atoms with Gasteiger partial charge in [0.1, 0.15) is 10.6 Å². The minimum absolute atomic E-state index is 0.136. The molecule has 0 bridgehead atoms. The van der Waals surface area contributed by atoms with Gasteiger partial charge in [-0.1, -0.05) is 0 Å². The number of hydrogen-bond acceptors (Lipinski definition) is 7. The Hall–Kier alpha value is -2.68. The molecule has 25 heavy (non-hydrogen) atoms. The van der Waals surface area contributed by atoms with Crippen LogP contribution in [0.25, 0.3) is 0 Å². The van der Waals surface area contributed by atoms with Gasteiger partial charge < -0.3 is 9.84 Å². The summed E-state index contributed by atoms with van der Waals surface area (Å²) in [5.74, 6) is -0.978. The number of aromatic hydroxyl groups is 1. The van der Waals surface area contributed by atoms with Crippen LogP contribution in [-0.4, -0.2) is 33.0 Å². The first-order chi connectivity index (χ1) is 11.7. The van der Waals surface area contributed by atoms with E-state index in [-0.39, 0.29) is 12.2 Å². The number of ether oxygens (including phenoxy) is 1. The molecule has 0 saturated heterocycles. The van der Waals surface area contributed by atoms with Crippen molar-refractivity contribution in [2.45, 2.75) is 20.8 Å². The lowest BCUT2D eigenvalue weighted by Gasteiger charge is -2.07. The number of thiophene rings is 1. The molecule has 0 unspecified atom stereocenters. The predicted molar refractivity (Wildman–Crippen MR) is 95.6 cm³/mol. The molecule has 0 amide bonds. The Morgan fingerprint density at radius 2 is 1.92 bits per heavy atom. The number of aryl methyl sites for hydroxylation is 1. The molecule has 2 aromatic heterocycles. The number of carbonyl (C=O) groups is 1. The zero-order valence-corrected chi connectivity index (χ0v) is 15.4. The molecule has 0 aromatic carbocycles. The number of aromatic nitrogens is 2. The fourth-order valence-electron chi connectivity index (χ4n) is 2.24. The van der Waals surface area contributed by atoms with Crippen molar-refractivity contribution in [3.63, 3.8) is 0 Å². The summed E-state index contributed by atoms with van der Waals surface area (Å²) < 4.78 is 6.87. The molecule has 0 saturated carbocycles. The molecule has 8 nitrogen and oxygen atoms in total. The van der Waals surface area contributed by atoms with Gasteiger partial charge in [0.25, 0.3) is 5.56 Å². The Labute approximate surface area is 147 Å². The third-order valence-corrected chi connectivity index (χ3v) is 4.94. The molecule has 2 rings (SSSR count). The van der Waals surface area contributed by atoms with Crippen LogP contribution in [0.15, 0.2) is 14.6 Å². The Morgan fingerprint density at radius 1 is 1.28 bits per heavy atom. The third kappa shape index (κ3) is 3.27. The second-order valence-electron chi connectivity index (χ2n) is 5.39. The normalized spacial score (nSPS) is 11.2. The highest BCUT2D eigenvalue weighted by molar-refractivity contribution is 7.16. The lowest BCUT2D eigenvalue weighted by Crippen LogP contribution is -2.38. The number of hydrogen-bond donors (Lipinski definition) is 1. The minimum Gasteiger partial charge on any atom is -0.494 e. The van der Waals surface area contributed by atoms with Gasteiger partial charge in [-0.15, -0.1) is 11.3 Å². The first kappa shape index (κ1) is 18.7. The second kappa shape index (κ2) is 7.06. The van der Waals surface area contributed by atoms with Crippen molar-refractivity contribution in [3.8, 4) is 5.88 Å². The molecule has 134 valence electrons. The Balaban J connectivity index is 2.59. The minimum atomic E-state index is -0.674. The first-order valence-corrected chi connectivity index (χ1v) is 8.32. The molecule has 1 N–H and O–H groups in total. The maximum Gasteiger partial charge on any atom is 0.341 e. The summed E-state index contributed by atoms with van der Waals surface area (Å²) in [5, 5.41) is 10.4. The number of esters is 1. The quantitative estimate of drug-likeness (QED) is 0.651. The van der Waals surface area contributed by atoms with E-state index >= 15 is 0 Å². The van der Waals surface area contributed by atoms with E-state index in [1.54, 1.807) is 13.8 Å². The van der Waals surface area contributed by atoms with Crippen molar-refractivity contribution in [1.82, 2.24) is 9.13 Å². The molecule has 0 fully saturated rings. The van der Waals surface area contributed by atoms with E-state index < -0.39 is 23.1 Å². The topological polar surface area (TPSA) is 103 Å². The van der Waals surface area contributed by atoms with Gasteiger partial charge in [0.05, 0.1) is 12.2 Å². The molecule has 9 heteroatoms. The van der Waals surface area contributed by atoms with Crippen LogP contribution in [0.5, 0.6) is 5.88 Å². The van der Waals surface area contributed by atoms with Crippen molar-refractivity contribution in [3.05, 3.63) is 42.4 Å². The van der Waals surface area contributed by atoms with E-state index in [4.69, 9.17) is 4.74 Å². The molecule has 2 heterocycles. The van der Waals surface area contributed by atoms with Gasteiger partial charge in [0.2, 0.25) is 5.88 Å². The average molecular weight is 365 g/mol. The van der Waals surface area contributed by atoms with Crippen molar-refractivity contribution in [1.29, 1.82) is 0 Å². The summed E-state index contributed by atoms with van der Waals surface area (Å²) in [4.78, 5) is 41.2. The molecule has 2 aromatic rings. The monoisotopic (exact) mass is 365 g/mol. The number of nitrogens with zero attached hydrogens (tertiary/aromatic N) is 3. The highest BCUT2D eigenvalue weighted by Gasteiger charge is 2.20. The summed E-state index contributed by atoms with van der Waals surface area (Å²) in [6.45, 7) is 5.59. The summed E-state index contributed by atoms with van der Waals surface area (Å²) in [5.41, 5.74) is -0.361. The lowest BCUT2D eigenvalue weighted by atomic mass is 10.1. The van der Waals surface area contributed by atoms with Crippen LogP contribution in [0.4, 0.5) is 5.00 Å². The molecule has 0 aliphatic carbocycles. The van der Waals surface area contributed by atoms with Gasteiger partial charge in [0, 0.05) is 25.2 Å². The summed E-state index contributed by atoms with van der Waals surface area (Å²) >= 11 is 1.28. The Kier molecular flexibility index (Phi) is 5.27. The zero-order valence-electron chi connectivity index (χ0n) is 14.6. The van der Waals surface area contributed by atoms with Crippen LogP contribution < -0.4 is 11.2 Å². The standard InChI is InChI=1S/C16H19N3O5S/c1-6-24-15(22)11-8(2)9(3)25-12(11)17-7-10-13(20)18(4)16(23)19(5)14(10)21/h7,20H,6H2,1-5H3/b17-7+. The molecule has 0 aliphatic heterocycles. The van der Waals surface area contributed by atoms with Crippen LogP contribution in [-0.2, 0) is 18.8 Å². The molecule has 0 aliphatic rings. The van der Waals surface area contributed by atoms with Gasteiger partial charge >= 0.3 is 11.7 Å². The van der Waals surface area contributed by atoms with Gasteiger partial charge in [-0.2, -0.15) is 0 Å². The van der Waals surface area contributed by atoms with Crippen molar-refractivity contribution in [2.24, 2.45) is 19.1 Å². The summed E-state index contributed by atoms with van der Waals surface area (Å²) in [6, 6.07) is 0. The van der Waals surface area contributed by atoms with E-state index in [0.717, 1.165) is 25.8 Å². The molecule has 0 atom stereocenters. The molecular weight excluding hydrogens is 346 g/mol. The van der Waals surface area contributed by atoms with Crippen molar-refractivity contribution in [2.75, 3.05) is 6.61 Å². The van der Waals surface area contributed by atoms with Gasteiger partial charge in [-0.3, -0.25) is 13.9 Å². The van der Waals surface area contributed by atoms with Crippen LogP contribution in [0.2, 0.25) is 0 Å².